The minimum atomic E-state index is -0.0530. The second-order valence-corrected chi connectivity index (χ2v) is 7.77. The number of hydrogen-bond donors (Lipinski definition) is 1. The van der Waals surface area contributed by atoms with Crippen LogP contribution in [0.15, 0.2) is 35.3 Å². The maximum atomic E-state index is 13.0. The molecule has 142 valence electrons. The maximum Gasteiger partial charge on any atom is 0.276 e. The molecule has 0 radical (unpaired) electrons. The van der Waals surface area contributed by atoms with Crippen molar-refractivity contribution < 1.29 is 0 Å². The predicted octanol–water partition coefficient (Wildman–Crippen LogP) is 2.67. The molecule has 0 saturated carbocycles. The van der Waals surface area contributed by atoms with E-state index in [9.17, 15) is 4.79 Å². The van der Waals surface area contributed by atoms with Gasteiger partial charge in [0.1, 0.15) is 11.0 Å². The number of piperidine rings is 1. The van der Waals surface area contributed by atoms with Crippen LogP contribution in [0.5, 0.6) is 0 Å². The summed E-state index contributed by atoms with van der Waals surface area (Å²) in [6.07, 6.45) is 3.87. The van der Waals surface area contributed by atoms with Crippen molar-refractivity contribution in [3.8, 4) is 0 Å². The van der Waals surface area contributed by atoms with Crippen molar-refractivity contribution >= 4 is 28.6 Å². The molecule has 4 rings (SSSR count). The summed E-state index contributed by atoms with van der Waals surface area (Å²) in [5, 5.41) is 0.685. The van der Waals surface area contributed by atoms with Crippen molar-refractivity contribution in [3.05, 3.63) is 57.0 Å². The zero-order valence-electron chi connectivity index (χ0n) is 15.7. The summed E-state index contributed by atoms with van der Waals surface area (Å²) < 4.78 is 3.62. The van der Waals surface area contributed by atoms with E-state index in [0.717, 1.165) is 48.5 Å². The fourth-order valence-corrected chi connectivity index (χ4v) is 4.09. The third-order valence-corrected chi connectivity index (χ3v) is 5.63. The van der Waals surface area contributed by atoms with Crippen molar-refractivity contribution in [2.45, 2.75) is 32.4 Å². The summed E-state index contributed by atoms with van der Waals surface area (Å²) in [5.41, 5.74) is 9.46. The van der Waals surface area contributed by atoms with Crippen molar-refractivity contribution in [3.63, 3.8) is 0 Å². The first-order valence-electron chi connectivity index (χ1n) is 9.26. The molecule has 3 aromatic rings. The predicted molar refractivity (Wildman–Crippen MR) is 110 cm³/mol. The highest BCUT2D eigenvalue weighted by molar-refractivity contribution is 6.31. The van der Waals surface area contributed by atoms with Crippen LogP contribution < -0.4 is 16.2 Å². The van der Waals surface area contributed by atoms with Crippen LogP contribution in [0.4, 0.5) is 5.95 Å². The van der Waals surface area contributed by atoms with Crippen LogP contribution in [0.25, 0.3) is 11.0 Å². The number of hydrogen-bond acceptors (Lipinski definition) is 4. The van der Waals surface area contributed by atoms with Crippen molar-refractivity contribution in [2.75, 3.05) is 18.0 Å². The molecule has 1 fully saturated rings. The molecule has 1 aromatic carbocycles. The number of anilines is 1. The van der Waals surface area contributed by atoms with Crippen LogP contribution in [0.3, 0.4) is 0 Å². The van der Waals surface area contributed by atoms with E-state index >= 15 is 0 Å². The molecule has 6 nitrogen and oxygen atoms in total. The van der Waals surface area contributed by atoms with Gasteiger partial charge in [0.2, 0.25) is 5.95 Å². The molecule has 1 aliphatic rings. The Labute approximate surface area is 163 Å². The Kier molecular flexibility index (Phi) is 4.70. The molecule has 1 saturated heterocycles. The van der Waals surface area contributed by atoms with Crippen LogP contribution in [0, 0.1) is 6.92 Å². The van der Waals surface area contributed by atoms with Crippen LogP contribution in [-0.2, 0) is 13.6 Å². The van der Waals surface area contributed by atoms with Gasteiger partial charge < -0.3 is 19.8 Å². The summed E-state index contributed by atoms with van der Waals surface area (Å²) in [4.78, 5) is 20.0. The van der Waals surface area contributed by atoms with Gasteiger partial charge in [-0.25, -0.2) is 4.98 Å². The molecule has 7 heteroatoms. The van der Waals surface area contributed by atoms with Crippen LogP contribution >= 0.6 is 11.6 Å². The highest BCUT2D eigenvalue weighted by Crippen LogP contribution is 2.27. The van der Waals surface area contributed by atoms with E-state index in [1.165, 1.54) is 0 Å². The van der Waals surface area contributed by atoms with Crippen molar-refractivity contribution in [2.24, 2.45) is 12.8 Å². The molecule has 1 aliphatic heterocycles. The van der Waals surface area contributed by atoms with E-state index in [0.29, 0.717) is 17.1 Å². The van der Waals surface area contributed by atoms with Gasteiger partial charge in [-0.3, -0.25) is 4.79 Å². The standard InChI is InChI=1S/C20H24ClN5O/c1-13-10-24(2)19(27)18-17(13)23-20(25-9-5-7-15(22)12-25)26(18)11-14-6-3-4-8-16(14)21/h3-4,6,8,10,15H,5,7,9,11-12,22H2,1-2H3/t15-/m1/s1. The summed E-state index contributed by atoms with van der Waals surface area (Å²) in [6.45, 7) is 4.11. The SMILES string of the molecule is Cc1cn(C)c(=O)c2c1nc(N1CCC[C@@H](N)C1)n2Cc1ccccc1Cl. The molecular weight excluding hydrogens is 362 g/mol. The number of nitrogens with two attached hydrogens (primary N) is 1. The minimum Gasteiger partial charge on any atom is -0.341 e. The van der Waals surface area contributed by atoms with Gasteiger partial charge in [-0.2, -0.15) is 0 Å². The fourth-order valence-electron chi connectivity index (χ4n) is 3.89. The third kappa shape index (κ3) is 3.24. The number of nitrogens with zero attached hydrogens (tertiary/aromatic N) is 4. The number of rotatable bonds is 3. The topological polar surface area (TPSA) is 69.1 Å². The molecular formula is C20H24ClN5O. The Bertz CT molecular complexity index is 1050. The lowest BCUT2D eigenvalue weighted by Gasteiger charge is -2.32. The second kappa shape index (κ2) is 7.02. The zero-order chi connectivity index (χ0) is 19.1. The second-order valence-electron chi connectivity index (χ2n) is 7.36. The smallest absolute Gasteiger partial charge is 0.276 e. The molecule has 0 spiro atoms. The molecule has 0 unspecified atom stereocenters. The normalized spacial score (nSPS) is 17.6. The summed E-state index contributed by atoms with van der Waals surface area (Å²) in [5.74, 6) is 0.798. The number of pyridine rings is 1. The molecule has 0 bridgehead atoms. The average Bonchev–Trinajstić information content (AvgIpc) is 3.02. The van der Waals surface area contributed by atoms with E-state index in [1.807, 2.05) is 42.0 Å². The molecule has 0 aliphatic carbocycles. The third-order valence-electron chi connectivity index (χ3n) is 5.26. The first-order chi connectivity index (χ1) is 13.0. The average molecular weight is 386 g/mol. The van der Waals surface area contributed by atoms with Gasteiger partial charge in [-0.05, 0) is 37.0 Å². The molecule has 2 N–H and O–H groups in total. The van der Waals surface area contributed by atoms with Crippen LogP contribution in [-0.4, -0.2) is 33.2 Å². The zero-order valence-corrected chi connectivity index (χ0v) is 16.4. The number of aromatic nitrogens is 3. The Morgan fingerprint density at radius 3 is 2.85 bits per heavy atom. The summed E-state index contributed by atoms with van der Waals surface area (Å²) >= 11 is 6.41. The van der Waals surface area contributed by atoms with Gasteiger partial charge in [0, 0.05) is 37.4 Å². The highest BCUT2D eigenvalue weighted by atomic mass is 35.5. The molecule has 3 heterocycles. The first-order valence-corrected chi connectivity index (χ1v) is 9.64. The molecule has 27 heavy (non-hydrogen) atoms. The van der Waals surface area contributed by atoms with Crippen LogP contribution in [0.2, 0.25) is 5.02 Å². The summed E-state index contributed by atoms with van der Waals surface area (Å²) in [6, 6.07) is 7.85. The van der Waals surface area contributed by atoms with E-state index in [-0.39, 0.29) is 11.6 Å². The monoisotopic (exact) mass is 385 g/mol. The van der Waals surface area contributed by atoms with Gasteiger partial charge >= 0.3 is 0 Å². The highest BCUT2D eigenvalue weighted by Gasteiger charge is 2.25. The Morgan fingerprint density at radius 2 is 2.11 bits per heavy atom. The van der Waals surface area contributed by atoms with Crippen molar-refractivity contribution in [1.82, 2.24) is 14.1 Å². The Morgan fingerprint density at radius 1 is 1.33 bits per heavy atom. The van der Waals surface area contributed by atoms with E-state index in [1.54, 1.807) is 11.6 Å². The lowest BCUT2D eigenvalue weighted by atomic mass is 10.1. The van der Waals surface area contributed by atoms with Gasteiger partial charge in [-0.15, -0.1) is 0 Å². The Balaban J connectivity index is 1.94. The molecule has 1 atom stereocenters. The lowest BCUT2D eigenvalue weighted by Crippen LogP contribution is -2.44. The first kappa shape index (κ1) is 18.1. The van der Waals surface area contributed by atoms with Crippen molar-refractivity contribution in [1.29, 1.82) is 0 Å². The minimum absolute atomic E-state index is 0.0530. The van der Waals surface area contributed by atoms with E-state index in [2.05, 4.69) is 4.90 Å². The summed E-state index contributed by atoms with van der Waals surface area (Å²) in [7, 11) is 1.78. The van der Waals surface area contributed by atoms with Gasteiger partial charge in [0.25, 0.3) is 5.56 Å². The number of fused-ring (bicyclic) bond motifs is 1. The van der Waals surface area contributed by atoms with Gasteiger partial charge in [0.15, 0.2) is 0 Å². The van der Waals surface area contributed by atoms with Gasteiger partial charge in [-0.1, -0.05) is 29.8 Å². The van der Waals surface area contributed by atoms with Crippen LogP contribution in [0.1, 0.15) is 24.0 Å². The van der Waals surface area contributed by atoms with Gasteiger partial charge in [0.05, 0.1) is 6.54 Å². The largest absolute Gasteiger partial charge is 0.341 e. The number of aryl methyl sites for hydroxylation is 2. The Hall–Kier alpha value is -2.31. The van der Waals surface area contributed by atoms with E-state index < -0.39 is 0 Å². The molecule has 0 amide bonds. The number of halogens is 1. The van der Waals surface area contributed by atoms with E-state index in [4.69, 9.17) is 22.3 Å². The maximum absolute atomic E-state index is 13.0. The quantitative estimate of drug-likeness (QED) is 0.752. The number of imidazole rings is 1. The fraction of sp³-hybridized carbons (Fsp3) is 0.400. The lowest BCUT2D eigenvalue weighted by molar-refractivity contribution is 0.495. The number of benzene rings is 1. The molecule has 2 aromatic heterocycles.